The molecule has 0 spiro atoms. The number of methoxy groups -OCH3 is 1. The van der Waals surface area contributed by atoms with Gasteiger partial charge in [-0.05, 0) is 38.5 Å². The van der Waals surface area contributed by atoms with E-state index in [1.165, 1.54) is 0 Å². The lowest BCUT2D eigenvalue weighted by molar-refractivity contribution is -0.114. The van der Waals surface area contributed by atoms with Crippen molar-refractivity contribution < 1.29 is 14.3 Å². The second kappa shape index (κ2) is 5.94. The fourth-order valence-electron chi connectivity index (χ4n) is 3.43. The highest BCUT2D eigenvalue weighted by Gasteiger charge is 2.35. The van der Waals surface area contributed by atoms with Crippen LogP contribution in [0.1, 0.15) is 36.7 Å². The van der Waals surface area contributed by atoms with Crippen LogP contribution in [0.3, 0.4) is 0 Å². The molecule has 3 heterocycles. The van der Waals surface area contributed by atoms with Crippen molar-refractivity contribution in [2.45, 2.75) is 26.7 Å². The lowest BCUT2D eigenvalue weighted by Crippen LogP contribution is -2.22. The van der Waals surface area contributed by atoms with Crippen molar-refractivity contribution in [3.63, 3.8) is 0 Å². The lowest BCUT2D eigenvalue weighted by Gasteiger charge is -2.28. The van der Waals surface area contributed by atoms with Crippen LogP contribution in [0.4, 0.5) is 0 Å². The number of ketones is 1. The molecule has 0 radical (unpaired) electrons. The molecular weight excluding hydrogens is 332 g/mol. The highest BCUT2D eigenvalue weighted by atomic mass is 16.5. The molecule has 7 heteroatoms. The van der Waals surface area contributed by atoms with Gasteiger partial charge in [-0.3, -0.25) is 4.79 Å². The minimum atomic E-state index is -0.332. The zero-order valence-electron chi connectivity index (χ0n) is 15.0. The molecule has 3 aromatic rings. The standard InChI is InChI=1S/C19H18N4O3/c1-10(24)15-11(2)26-19-17(18-21-12(3)22-23(18)9-20-19)16(15)13-5-7-14(25-4)8-6-13/h5-9,16H,1-4H3. The Balaban J connectivity index is 2.01. The first-order valence-electron chi connectivity index (χ1n) is 8.25. The highest BCUT2D eigenvalue weighted by Crippen LogP contribution is 2.44. The van der Waals surface area contributed by atoms with Gasteiger partial charge in [0.2, 0.25) is 5.88 Å². The van der Waals surface area contributed by atoms with Crippen LogP contribution >= 0.6 is 0 Å². The molecule has 26 heavy (non-hydrogen) atoms. The average Bonchev–Trinajstić information content (AvgIpc) is 3.00. The van der Waals surface area contributed by atoms with Crippen molar-refractivity contribution in [2.75, 3.05) is 7.11 Å². The molecule has 1 unspecified atom stereocenters. The Hall–Kier alpha value is -3.22. The van der Waals surface area contributed by atoms with Gasteiger partial charge < -0.3 is 9.47 Å². The van der Waals surface area contributed by atoms with E-state index in [9.17, 15) is 4.79 Å². The van der Waals surface area contributed by atoms with Crippen LogP contribution in [0.2, 0.25) is 0 Å². The first kappa shape index (κ1) is 16.3. The maximum absolute atomic E-state index is 12.4. The number of carbonyl (C=O) groups excluding carboxylic acids is 1. The predicted octanol–water partition coefficient (Wildman–Crippen LogP) is 2.83. The van der Waals surface area contributed by atoms with Gasteiger partial charge in [0.1, 0.15) is 23.7 Å². The first-order valence-corrected chi connectivity index (χ1v) is 8.25. The van der Waals surface area contributed by atoms with E-state index in [4.69, 9.17) is 9.47 Å². The Kier molecular flexibility index (Phi) is 3.72. The molecule has 0 fully saturated rings. The molecule has 0 saturated heterocycles. The normalized spacial score (nSPS) is 16.4. The van der Waals surface area contributed by atoms with Crippen LogP contribution < -0.4 is 9.47 Å². The van der Waals surface area contributed by atoms with E-state index < -0.39 is 0 Å². The minimum absolute atomic E-state index is 0.0489. The molecule has 7 nitrogen and oxygen atoms in total. The summed E-state index contributed by atoms with van der Waals surface area (Å²) in [5.74, 6) is 2.01. The van der Waals surface area contributed by atoms with E-state index in [-0.39, 0.29) is 11.7 Å². The molecule has 0 bridgehead atoms. The number of allylic oxidation sites excluding steroid dienone is 2. The van der Waals surface area contributed by atoms with Gasteiger partial charge in [-0.1, -0.05) is 12.1 Å². The number of benzene rings is 1. The number of carbonyl (C=O) groups is 1. The summed E-state index contributed by atoms with van der Waals surface area (Å²) in [6, 6.07) is 7.64. The molecule has 1 atom stereocenters. The highest BCUT2D eigenvalue weighted by molar-refractivity contribution is 5.97. The Morgan fingerprint density at radius 1 is 1.23 bits per heavy atom. The van der Waals surface area contributed by atoms with Crippen molar-refractivity contribution in [1.82, 2.24) is 19.6 Å². The van der Waals surface area contributed by atoms with E-state index >= 15 is 0 Å². The summed E-state index contributed by atoms with van der Waals surface area (Å²) >= 11 is 0. The molecule has 0 aliphatic carbocycles. The van der Waals surface area contributed by atoms with Crippen molar-refractivity contribution in [3.8, 4) is 11.6 Å². The van der Waals surface area contributed by atoms with E-state index in [2.05, 4.69) is 15.1 Å². The van der Waals surface area contributed by atoms with Crippen molar-refractivity contribution in [2.24, 2.45) is 0 Å². The van der Waals surface area contributed by atoms with Crippen LogP contribution in [0.25, 0.3) is 5.65 Å². The second-order valence-electron chi connectivity index (χ2n) is 6.22. The summed E-state index contributed by atoms with van der Waals surface area (Å²) in [5, 5.41) is 4.33. The number of Topliss-reactive ketones (excluding diaryl/α,β-unsaturated/α-hetero) is 1. The van der Waals surface area contributed by atoms with Gasteiger partial charge in [0.15, 0.2) is 11.4 Å². The molecule has 2 aromatic heterocycles. The van der Waals surface area contributed by atoms with Crippen LogP contribution in [0.5, 0.6) is 11.6 Å². The number of nitrogens with zero attached hydrogens (tertiary/aromatic N) is 4. The largest absolute Gasteiger partial charge is 0.497 e. The summed E-state index contributed by atoms with van der Waals surface area (Å²) in [5.41, 5.74) is 2.92. The number of aryl methyl sites for hydroxylation is 1. The molecule has 4 rings (SSSR count). The molecule has 0 N–H and O–H groups in total. The average molecular weight is 350 g/mol. The van der Waals surface area contributed by atoms with Crippen LogP contribution in [-0.2, 0) is 4.79 Å². The number of rotatable bonds is 3. The van der Waals surface area contributed by atoms with Crippen molar-refractivity contribution in [1.29, 1.82) is 0 Å². The number of fused-ring (bicyclic) bond motifs is 3. The van der Waals surface area contributed by atoms with Gasteiger partial charge in [0.25, 0.3) is 0 Å². The molecule has 1 aliphatic heterocycles. The maximum atomic E-state index is 12.4. The summed E-state index contributed by atoms with van der Waals surface area (Å²) in [7, 11) is 1.62. The second-order valence-corrected chi connectivity index (χ2v) is 6.22. The van der Waals surface area contributed by atoms with Gasteiger partial charge >= 0.3 is 0 Å². The zero-order chi connectivity index (χ0) is 18.4. The zero-order valence-corrected chi connectivity index (χ0v) is 15.0. The molecule has 1 aliphatic rings. The molecular formula is C19H18N4O3. The van der Waals surface area contributed by atoms with Gasteiger partial charge in [-0.25, -0.2) is 14.5 Å². The Bertz CT molecular complexity index is 1050. The Morgan fingerprint density at radius 3 is 2.62 bits per heavy atom. The third kappa shape index (κ3) is 2.44. The van der Waals surface area contributed by atoms with E-state index in [1.54, 1.807) is 31.8 Å². The van der Waals surface area contributed by atoms with Gasteiger partial charge in [0, 0.05) is 11.5 Å². The molecule has 0 saturated carbocycles. The monoisotopic (exact) mass is 350 g/mol. The number of hydrogen-bond donors (Lipinski definition) is 0. The fourth-order valence-corrected chi connectivity index (χ4v) is 3.43. The fraction of sp³-hybridized carbons (Fsp3) is 0.263. The SMILES string of the molecule is COc1ccc(C2C(C(C)=O)=C(C)Oc3ncn4nc(C)nc4c32)cc1. The minimum Gasteiger partial charge on any atom is -0.497 e. The number of ether oxygens (including phenoxy) is 2. The van der Waals surface area contributed by atoms with Crippen LogP contribution in [0.15, 0.2) is 41.9 Å². The molecule has 0 amide bonds. The van der Waals surface area contributed by atoms with Crippen LogP contribution in [0, 0.1) is 6.92 Å². The van der Waals surface area contributed by atoms with Gasteiger partial charge in [-0.15, -0.1) is 0 Å². The molecule has 1 aromatic carbocycles. The third-order valence-corrected chi connectivity index (χ3v) is 4.53. The Labute approximate surface area is 150 Å². The van der Waals surface area contributed by atoms with E-state index in [1.807, 2.05) is 31.2 Å². The summed E-state index contributed by atoms with van der Waals surface area (Å²) in [4.78, 5) is 21.4. The Morgan fingerprint density at radius 2 is 1.96 bits per heavy atom. The predicted molar refractivity (Wildman–Crippen MR) is 94.4 cm³/mol. The third-order valence-electron chi connectivity index (χ3n) is 4.53. The summed E-state index contributed by atoms with van der Waals surface area (Å²) < 4.78 is 12.7. The smallest absolute Gasteiger partial charge is 0.228 e. The van der Waals surface area contributed by atoms with Crippen molar-refractivity contribution >= 4 is 11.4 Å². The van der Waals surface area contributed by atoms with E-state index in [0.717, 1.165) is 16.9 Å². The van der Waals surface area contributed by atoms with Gasteiger partial charge in [-0.2, -0.15) is 5.10 Å². The summed E-state index contributed by atoms with van der Waals surface area (Å²) in [6.07, 6.45) is 1.57. The number of hydrogen-bond acceptors (Lipinski definition) is 6. The first-order chi connectivity index (χ1) is 12.5. The van der Waals surface area contributed by atoms with Crippen LogP contribution in [-0.4, -0.2) is 32.5 Å². The maximum Gasteiger partial charge on any atom is 0.228 e. The topological polar surface area (TPSA) is 78.6 Å². The lowest BCUT2D eigenvalue weighted by atomic mass is 9.82. The van der Waals surface area contributed by atoms with Crippen molar-refractivity contribution in [3.05, 3.63) is 58.9 Å². The quantitative estimate of drug-likeness (QED) is 0.723. The molecule has 132 valence electrons. The summed E-state index contributed by atoms with van der Waals surface area (Å²) in [6.45, 7) is 5.15. The number of aromatic nitrogens is 4. The van der Waals surface area contributed by atoms with Gasteiger partial charge in [0.05, 0.1) is 12.7 Å². The van der Waals surface area contributed by atoms with E-state index in [0.29, 0.717) is 28.7 Å².